The Kier molecular flexibility index (Phi) is 6.56. The van der Waals surface area contributed by atoms with Gasteiger partial charge in [-0.1, -0.05) is 23.5 Å². The average molecular weight is 523 g/mol. The summed E-state index contributed by atoms with van der Waals surface area (Å²) in [4.78, 5) is 32.2. The second-order valence-electron chi connectivity index (χ2n) is 8.04. The van der Waals surface area contributed by atoms with E-state index in [2.05, 4.69) is 4.99 Å². The number of thiazole rings is 1. The minimum atomic E-state index is -2.30. The zero-order valence-corrected chi connectivity index (χ0v) is 20.1. The maximum Gasteiger partial charge on any atom is 0.338 e. The minimum Gasteiger partial charge on any atom is -0.466 e. The van der Waals surface area contributed by atoms with Crippen LogP contribution in [0.15, 0.2) is 45.3 Å². The number of carbonyl (C=O) groups excluding carboxylic acids is 1. The summed E-state index contributed by atoms with van der Waals surface area (Å²) in [7, 11) is 4.84. The van der Waals surface area contributed by atoms with E-state index >= 15 is 0 Å². The summed E-state index contributed by atoms with van der Waals surface area (Å²) < 4.78 is 75.1. The van der Waals surface area contributed by atoms with Gasteiger partial charge in [-0.05, 0) is 30.7 Å². The van der Waals surface area contributed by atoms with Crippen LogP contribution in [-0.4, -0.2) is 31.7 Å². The highest BCUT2D eigenvalue weighted by molar-refractivity contribution is 7.07. The monoisotopic (exact) mass is 523 g/mol. The van der Waals surface area contributed by atoms with Gasteiger partial charge in [-0.2, -0.15) is 0 Å². The summed E-state index contributed by atoms with van der Waals surface area (Å²) >= 11 is 0.683. The quantitative estimate of drug-likeness (QED) is 0.228. The van der Waals surface area contributed by atoms with Crippen LogP contribution < -0.4 is 19.8 Å². The molecule has 2 aromatic carbocycles. The van der Waals surface area contributed by atoms with Gasteiger partial charge in [0.05, 0.1) is 34.5 Å². The Labute approximate surface area is 204 Å². The van der Waals surface area contributed by atoms with Crippen LogP contribution in [0.5, 0.6) is 0 Å². The van der Waals surface area contributed by atoms with Crippen molar-refractivity contribution in [2.24, 2.45) is 4.99 Å². The van der Waals surface area contributed by atoms with Gasteiger partial charge >= 0.3 is 5.97 Å². The Bertz CT molecular complexity index is 1580. The van der Waals surface area contributed by atoms with Crippen molar-refractivity contribution < 1.29 is 31.5 Å². The summed E-state index contributed by atoms with van der Waals surface area (Å²) in [6.45, 7) is 1.54. The first-order valence-corrected chi connectivity index (χ1v) is 11.2. The molecule has 0 bridgehead atoms. The van der Waals surface area contributed by atoms with Crippen molar-refractivity contribution in [1.82, 2.24) is 4.57 Å². The zero-order valence-electron chi connectivity index (χ0n) is 19.3. The van der Waals surface area contributed by atoms with E-state index in [1.807, 2.05) is 19.0 Å². The van der Waals surface area contributed by atoms with Gasteiger partial charge in [0.15, 0.2) is 28.1 Å². The lowest BCUT2D eigenvalue weighted by Gasteiger charge is -2.25. The summed E-state index contributed by atoms with van der Waals surface area (Å²) in [6.07, 6.45) is 0.587. The molecule has 0 unspecified atom stereocenters. The van der Waals surface area contributed by atoms with Gasteiger partial charge in [0.1, 0.15) is 0 Å². The molecular weight excluding hydrogens is 505 g/mol. The number of esters is 1. The van der Waals surface area contributed by atoms with E-state index in [4.69, 9.17) is 4.74 Å². The van der Waals surface area contributed by atoms with Crippen LogP contribution in [0.4, 0.5) is 27.6 Å². The van der Waals surface area contributed by atoms with Crippen LogP contribution in [-0.2, 0) is 9.53 Å². The molecule has 1 aliphatic heterocycles. The van der Waals surface area contributed by atoms with Gasteiger partial charge in [0.25, 0.3) is 5.56 Å². The number of fused-ring (bicyclic) bond motifs is 1. The van der Waals surface area contributed by atoms with Gasteiger partial charge in [-0.15, -0.1) is 0 Å². The molecule has 0 fully saturated rings. The van der Waals surface area contributed by atoms with Gasteiger partial charge < -0.3 is 9.64 Å². The third-order valence-corrected chi connectivity index (χ3v) is 6.65. The molecular formula is C24H18F5N3O3S. The summed E-state index contributed by atoms with van der Waals surface area (Å²) in [5.74, 6) is -11.4. The predicted octanol–water partition coefficient (Wildman–Crippen LogP) is 3.17. The molecule has 3 aromatic rings. The van der Waals surface area contributed by atoms with E-state index in [1.54, 1.807) is 24.3 Å². The van der Waals surface area contributed by atoms with Crippen molar-refractivity contribution in [3.8, 4) is 0 Å². The second kappa shape index (κ2) is 9.34. The van der Waals surface area contributed by atoms with E-state index in [9.17, 15) is 31.5 Å². The largest absolute Gasteiger partial charge is 0.466 e. The van der Waals surface area contributed by atoms with Crippen LogP contribution >= 0.6 is 11.3 Å². The van der Waals surface area contributed by atoms with Crippen LogP contribution in [0.3, 0.4) is 0 Å². The highest BCUT2D eigenvalue weighted by Crippen LogP contribution is 2.31. The fraction of sp³-hybridized carbons (Fsp3) is 0.208. The number of benzene rings is 2. The highest BCUT2D eigenvalue weighted by Gasteiger charge is 2.33. The molecule has 0 saturated heterocycles. The molecule has 2 heterocycles. The van der Waals surface area contributed by atoms with Gasteiger partial charge in [-0.3, -0.25) is 9.36 Å². The van der Waals surface area contributed by atoms with Crippen molar-refractivity contribution in [2.75, 3.05) is 26.1 Å². The Balaban J connectivity index is 2.00. The third kappa shape index (κ3) is 4.00. The molecule has 1 aromatic heterocycles. The maximum absolute atomic E-state index is 14.3. The lowest BCUT2D eigenvalue weighted by molar-refractivity contribution is -0.136. The molecule has 4 rings (SSSR count). The first kappa shape index (κ1) is 25.3. The number of anilines is 1. The molecule has 0 aliphatic carbocycles. The molecule has 36 heavy (non-hydrogen) atoms. The second-order valence-corrected chi connectivity index (χ2v) is 9.05. The number of hydrogen-bond acceptors (Lipinski definition) is 6. The number of ether oxygens (including phenoxy) is 1. The standard InChI is InChI=1S/C24H18F5N3O3S/c1-10-15(23(34)35-4)21(11-5-7-12(8-6-11)31(2)3)32-22(33)14(36-24(32)30-10)9-13-16(25)18(27)20(29)19(28)17(13)26/h5-9,21H,1-4H3/b14-9+/t21-/m0/s1. The first-order valence-electron chi connectivity index (χ1n) is 10.4. The summed E-state index contributed by atoms with van der Waals surface area (Å²) in [5, 5.41) is 0. The number of halogens is 5. The fourth-order valence-electron chi connectivity index (χ4n) is 3.84. The summed E-state index contributed by atoms with van der Waals surface area (Å²) in [5.41, 5.74) is -0.430. The van der Waals surface area contributed by atoms with Crippen molar-refractivity contribution >= 4 is 29.1 Å². The molecule has 188 valence electrons. The molecule has 1 aliphatic rings. The Morgan fingerprint density at radius 3 is 2.11 bits per heavy atom. The molecule has 0 radical (unpaired) electrons. The summed E-state index contributed by atoms with van der Waals surface area (Å²) in [6, 6.07) is 5.92. The molecule has 12 heteroatoms. The van der Waals surface area contributed by atoms with Crippen LogP contribution in [0.2, 0.25) is 0 Å². The van der Waals surface area contributed by atoms with E-state index < -0.39 is 52.2 Å². The van der Waals surface area contributed by atoms with E-state index in [-0.39, 0.29) is 20.6 Å². The number of allylic oxidation sites excluding steroid dienone is 1. The van der Waals surface area contributed by atoms with Crippen molar-refractivity contribution in [1.29, 1.82) is 0 Å². The van der Waals surface area contributed by atoms with E-state index in [0.29, 0.717) is 23.0 Å². The molecule has 0 saturated carbocycles. The zero-order chi connectivity index (χ0) is 26.5. The van der Waals surface area contributed by atoms with Crippen LogP contribution in [0.1, 0.15) is 24.1 Å². The third-order valence-electron chi connectivity index (χ3n) is 5.67. The van der Waals surface area contributed by atoms with Gasteiger partial charge in [-0.25, -0.2) is 31.7 Å². The number of aromatic nitrogens is 1. The van der Waals surface area contributed by atoms with Gasteiger partial charge in [0, 0.05) is 19.8 Å². The smallest absolute Gasteiger partial charge is 0.338 e. The lowest BCUT2D eigenvalue weighted by Crippen LogP contribution is -2.39. The molecule has 0 amide bonds. The minimum absolute atomic E-state index is 0.0604. The number of nitrogens with zero attached hydrogens (tertiary/aromatic N) is 3. The van der Waals surface area contributed by atoms with Crippen molar-refractivity contribution in [3.05, 3.63) is 95.4 Å². The Morgan fingerprint density at radius 1 is 1.03 bits per heavy atom. The molecule has 0 spiro atoms. The van der Waals surface area contributed by atoms with Crippen LogP contribution in [0.25, 0.3) is 6.08 Å². The van der Waals surface area contributed by atoms with E-state index in [0.717, 1.165) is 10.3 Å². The predicted molar refractivity (Wildman–Crippen MR) is 123 cm³/mol. The van der Waals surface area contributed by atoms with Crippen LogP contribution in [0, 0.1) is 29.1 Å². The average Bonchev–Trinajstić information content (AvgIpc) is 3.17. The molecule has 6 nitrogen and oxygen atoms in total. The molecule has 0 N–H and O–H groups in total. The van der Waals surface area contributed by atoms with Gasteiger partial charge in [0.2, 0.25) is 5.82 Å². The Hall–Kier alpha value is -3.80. The van der Waals surface area contributed by atoms with E-state index in [1.165, 1.54) is 14.0 Å². The lowest BCUT2D eigenvalue weighted by atomic mass is 9.95. The Morgan fingerprint density at radius 2 is 1.58 bits per heavy atom. The number of hydrogen-bond donors (Lipinski definition) is 0. The molecule has 1 atom stereocenters. The topological polar surface area (TPSA) is 63.9 Å². The number of methoxy groups -OCH3 is 1. The number of rotatable bonds is 4. The van der Waals surface area contributed by atoms with Crippen molar-refractivity contribution in [2.45, 2.75) is 13.0 Å². The maximum atomic E-state index is 14.3. The normalized spacial score (nSPS) is 15.6. The SMILES string of the molecule is COC(=O)C1=C(C)N=c2s/c(=C/c3c(F)c(F)c(F)c(F)c3F)c(=O)n2[C@H]1c1ccc(N(C)C)cc1. The highest BCUT2D eigenvalue weighted by atomic mass is 32.1. The number of carbonyl (C=O) groups is 1. The fourth-order valence-corrected chi connectivity index (χ4v) is 4.87. The first-order chi connectivity index (χ1) is 17.0. The van der Waals surface area contributed by atoms with Crippen molar-refractivity contribution in [3.63, 3.8) is 0 Å².